The van der Waals surface area contributed by atoms with E-state index in [2.05, 4.69) is 5.32 Å². The van der Waals surface area contributed by atoms with Gasteiger partial charge in [-0.1, -0.05) is 36.8 Å². The van der Waals surface area contributed by atoms with Crippen molar-refractivity contribution in [2.75, 3.05) is 17.2 Å². The minimum atomic E-state index is -3.67. The largest absolute Gasteiger partial charge is 0.491 e. The molecule has 0 aromatic heterocycles. The number of hydrogen-bond acceptors (Lipinski definition) is 4. The van der Waals surface area contributed by atoms with E-state index in [9.17, 15) is 13.2 Å². The second kappa shape index (κ2) is 9.98. The Balaban J connectivity index is 2.17. The van der Waals surface area contributed by atoms with Gasteiger partial charge in [0.2, 0.25) is 15.9 Å². The highest BCUT2D eigenvalue weighted by molar-refractivity contribution is 7.92. The van der Waals surface area contributed by atoms with Gasteiger partial charge in [-0.2, -0.15) is 0 Å². The minimum absolute atomic E-state index is 0.284. The summed E-state index contributed by atoms with van der Waals surface area (Å²) >= 11 is 0. The number of carbonyl (C=O) groups is 1. The maximum Gasteiger partial charge on any atom is 0.244 e. The number of anilines is 1. The number of amides is 1. The van der Waals surface area contributed by atoms with Gasteiger partial charge in [0.1, 0.15) is 18.4 Å². The van der Waals surface area contributed by atoms with E-state index in [1.54, 1.807) is 13.0 Å². The van der Waals surface area contributed by atoms with Crippen LogP contribution in [0.15, 0.2) is 42.5 Å². The van der Waals surface area contributed by atoms with Crippen molar-refractivity contribution in [2.24, 2.45) is 0 Å². The molecule has 30 heavy (non-hydrogen) atoms. The minimum Gasteiger partial charge on any atom is -0.491 e. The van der Waals surface area contributed by atoms with Crippen LogP contribution in [0.4, 0.5) is 5.69 Å². The fraction of sp³-hybridized carbons (Fsp3) is 0.435. The van der Waals surface area contributed by atoms with Gasteiger partial charge in [0, 0.05) is 0 Å². The number of hydrogen-bond donors (Lipinski definition) is 1. The summed E-state index contributed by atoms with van der Waals surface area (Å²) in [5.74, 6) is 0.380. The van der Waals surface area contributed by atoms with Crippen LogP contribution in [0, 0.1) is 20.8 Å². The predicted molar refractivity (Wildman–Crippen MR) is 122 cm³/mol. The summed E-state index contributed by atoms with van der Waals surface area (Å²) in [6.45, 7) is 9.67. The molecule has 7 heteroatoms. The van der Waals surface area contributed by atoms with Crippen molar-refractivity contribution in [3.63, 3.8) is 0 Å². The molecule has 0 heterocycles. The predicted octanol–water partition coefficient (Wildman–Crippen LogP) is 3.74. The molecule has 2 aromatic rings. The van der Waals surface area contributed by atoms with Crippen LogP contribution in [-0.4, -0.2) is 39.3 Å². The molecule has 6 nitrogen and oxygen atoms in total. The number of sulfonamides is 1. The van der Waals surface area contributed by atoms with Gasteiger partial charge in [-0.15, -0.1) is 0 Å². The van der Waals surface area contributed by atoms with Crippen molar-refractivity contribution >= 4 is 21.6 Å². The van der Waals surface area contributed by atoms with Gasteiger partial charge < -0.3 is 10.1 Å². The highest BCUT2D eigenvalue weighted by atomic mass is 32.2. The number of aryl methyl sites for hydroxylation is 3. The highest BCUT2D eigenvalue weighted by Crippen LogP contribution is 2.27. The van der Waals surface area contributed by atoms with Gasteiger partial charge in [0.15, 0.2) is 0 Å². The summed E-state index contributed by atoms with van der Waals surface area (Å²) in [6.07, 6.45) is 1.48. The molecule has 1 amide bonds. The fourth-order valence-corrected chi connectivity index (χ4v) is 4.49. The second-order valence-electron chi connectivity index (χ2n) is 7.81. The Bertz CT molecular complexity index is 971. The number of ether oxygens (including phenoxy) is 1. The van der Waals surface area contributed by atoms with Gasteiger partial charge in [-0.05, 0) is 63.4 Å². The van der Waals surface area contributed by atoms with Crippen LogP contribution in [0.5, 0.6) is 5.75 Å². The molecule has 0 unspecified atom stereocenters. The molecule has 0 radical (unpaired) electrons. The van der Waals surface area contributed by atoms with Gasteiger partial charge in [0.25, 0.3) is 0 Å². The van der Waals surface area contributed by atoms with Crippen LogP contribution in [0.1, 0.15) is 37.0 Å². The average molecular weight is 433 g/mol. The van der Waals surface area contributed by atoms with Crippen molar-refractivity contribution in [2.45, 2.75) is 53.1 Å². The van der Waals surface area contributed by atoms with Crippen molar-refractivity contribution < 1.29 is 17.9 Å². The quantitative estimate of drug-likeness (QED) is 0.655. The lowest BCUT2D eigenvalue weighted by Gasteiger charge is -2.32. The molecule has 0 saturated heterocycles. The zero-order valence-electron chi connectivity index (χ0n) is 18.6. The van der Waals surface area contributed by atoms with Crippen LogP contribution in [0.3, 0.4) is 0 Å². The molecule has 2 aromatic carbocycles. The van der Waals surface area contributed by atoms with Crippen LogP contribution >= 0.6 is 0 Å². The lowest BCUT2D eigenvalue weighted by atomic mass is 10.1. The number of benzene rings is 2. The molecule has 164 valence electrons. The summed E-state index contributed by atoms with van der Waals surface area (Å²) in [6, 6.07) is 12.1. The van der Waals surface area contributed by atoms with Crippen molar-refractivity contribution in [1.82, 2.24) is 5.32 Å². The molecule has 0 aliphatic carbocycles. The molecule has 0 saturated carbocycles. The average Bonchev–Trinajstić information content (AvgIpc) is 2.66. The Labute approximate surface area is 180 Å². The first-order valence-electron chi connectivity index (χ1n) is 10.1. The van der Waals surface area contributed by atoms with Crippen LogP contribution in [-0.2, 0) is 14.8 Å². The Kier molecular flexibility index (Phi) is 7.89. The maximum absolute atomic E-state index is 13.0. The summed E-state index contributed by atoms with van der Waals surface area (Å²) in [5, 5.41) is 2.90. The number of carbonyl (C=O) groups excluding carboxylic acids is 1. The molecule has 0 aliphatic heterocycles. The zero-order valence-corrected chi connectivity index (χ0v) is 19.4. The molecular weight excluding hydrogens is 400 g/mol. The normalized spacial score (nSPS) is 13.4. The van der Waals surface area contributed by atoms with E-state index in [4.69, 9.17) is 4.74 Å². The first-order valence-corrected chi connectivity index (χ1v) is 11.9. The number of nitrogens with zero attached hydrogens (tertiary/aromatic N) is 1. The summed E-state index contributed by atoms with van der Waals surface area (Å²) in [7, 11) is -3.67. The van der Waals surface area contributed by atoms with Gasteiger partial charge in [-0.25, -0.2) is 8.42 Å². The Morgan fingerprint density at radius 1 is 1.07 bits per heavy atom. The molecule has 2 rings (SSSR count). The van der Waals surface area contributed by atoms with Crippen molar-refractivity contribution in [3.05, 3.63) is 59.2 Å². The molecule has 0 bridgehead atoms. The van der Waals surface area contributed by atoms with E-state index in [0.29, 0.717) is 12.1 Å². The molecule has 0 aliphatic rings. The van der Waals surface area contributed by atoms with E-state index in [-0.39, 0.29) is 18.6 Å². The summed E-state index contributed by atoms with van der Waals surface area (Å²) in [5.41, 5.74) is 3.40. The van der Waals surface area contributed by atoms with E-state index >= 15 is 0 Å². The molecule has 2 atom stereocenters. The van der Waals surface area contributed by atoms with Gasteiger partial charge in [0.05, 0.1) is 18.0 Å². The third-order valence-electron chi connectivity index (χ3n) is 4.84. The van der Waals surface area contributed by atoms with Crippen LogP contribution in [0.25, 0.3) is 0 Å². The van der Waals surface area contributed by atoms with Gasteiger partial charge in [-0.3, -0.25) is 9.10 Å². The third kappa shape index (κ3) is 6.23. The van der Waals surface area contributed by atoms with Crippen molar-refractivity contribution in [3.8, 4) is 5.75 Å². The van der Waals surface area contributed by atoms with E-state index in [1.807, 2.05) is 64.1 Å². The molecule has 0 spiro atoms. The standard InChI is InChI=1S/C23H32N2O4S/c1-7-21(25(30(6,27)28)22-14-17(3)8-11-18(22)4)23(26)24-19(5)15-29-20-12-9-16(2)10-13-20/h8-14,19,21H,7,15H2,1-6H3,(H,24,26)/t19-,21+/m1/s1. The highest BCUT2D eigenvalue weighted by Gasteiger charge is 2.33. The number of rotatable bonds is 9. The first kappa shape index (κ1) is 23.7. The monoisotopic (exact) mass is 432 g/mol. The van der Waals surface area contributed by atoms with Crippen LogP contribution in [0.2, 0.25) is 0 Å². The lowest BCUT2D eigenvalue weighted by Crippen LogP contribution is -2.52. The summed E-state index contributed by atoms with van der Waals surface area (Å²) < 4.78 is 32.3. The summed E-state index contributed by atoms with van der Waals surface area (Å²) in [4.78, 5) is 13.0. The number of nitrogens with one attached hydrogen (secondary N) is 1. The SMILES string of the molecule is CC[C@@H](C(=O)N[C@H](C)COc1ccc(C)cc1)N(c1cc(C)ccc1C)S(C)(=O)=O. The molecule has 0 fully saturated rings. The second-order valence-corrected chi connectivity index (χ2v) is 9.67. The lowest BCUT2D eigenvalue weighted by molar-refractivity contribution is -0.123. The van der Waals surface area contributed by atoms with E-state index in [1.165, 1.54) is 4.31 Å². The van der Waals surface area contributed by atoms with E-state index in [0.717, 1.165) is 28.7 Å². The zero-order chi connectivity index (χ0) is 22.5. The third-order valence-corrected chi connectivity index (χ3v) is 6.01. The molecule has 1 N–H and O–H groups in total. The van der Waals surface area contributed by atoms with E-state index < -0.39 is 16.1 Å². The van der Waals surface area contributed by atoms with Crippen LogP contribution < -0.4 is 14.4 Å². The fourth-order valence-electron chi connectivity index (χ4n) is 3.23. The Morgan fingerprint density at radius 3 is 2.23 bits per heavy atom. The first-order chi connectivity index (χ1) is 14.0. The Morgan fingerprint density at radius 2 is 1.67 bits per heavy atom. The maximum atomic E-state index is 13.0. The topological polar surface area (TPSA) is 75.7 Å². The smallest absolute Gasteiger partial charge is 0.244 e. The van der Waals surface area contributed by atoms with Crippen molar-refractivity contribution in [1.29, 1.82) is 0 Å². The van der Waals surface area contributed by atoms with Gasteiger partial charge >= 0.3 is 0 Å². The molecular formula is C23H32N2O4S. The Hall–Kier alpha value is -2.54.